The summed E-state index contributed by atoms with van der Waals surface area (Å²) in [6.07, 6.45) is -11.4. The number of hydrogen-bond acceptors (Lipinski definition) is 7. The second kappa shape index (κ2) is 6.79. The van der Waals surface area contributed by atoms with E-state index < -0.39 is 61.0 Å². The van der Waals surface area contributed by atoms with Crippen molar-refractivity contribution in [2.75, 3.05) is 6.61 Å². The van der Waals surface area contributed by atoms with Crippen LogP contribution >= 0.6 is 0 Å². The summed E-state index contributed by atoms with van der Waals surface area (Å²) in [6, 6.07) is -1.74. The van der Waals surface area contributed by atoms with Gasteiger partial charge in [-0.1, -0.05) is 0 Å². The van der Waals surface area contributed by atoms with E-state index in [1.165, 1.54) is 0 Å². The number of hydrogen-bond donors (Lipinski definition) is 6. The summed E-state index contributed by atoms with van der Waals surface area (Å²) < 4.78 is 32.3. The van der Waals surface area contributed by atoms with E-state index in [1.807, 2.05) is 5.32 Å². The fourth-order valence-corrected chi connectivity index (χ4v) is 2.11. The zero-order chi connectivity index (χ0) is 17.2. The number of nitrogens with one attached hydrogen (secondary N) is 1. The Labute approximate surface area is 123 Å². The first-order chi connectivity index (χ1) is 10.1. The SMILES string of the molecule is CC(=O)N[C@@H]1[C@@H](O)[C@@H](F)[C@@](F)(C(=O)O)O[C@H]1[C@H](O)[C@H](O)CO. The fourth-order valence-electron chi connectivity index (χ4n) is 2.11. The highest BCUT2D eigenvalue weighted by Gasteiger charge is 2.62. The summed E-state index contributed by atoms with van der Waals surface area (Å²) in [5, 5.41) is 48.3. The summed E-state index contributed by atoms with van der Waals surface area (Å²) >= 11 is 0. The van der Waals surface area contributed by atoms with Crippen LogP contribution in [0.4, 0.5) is 8.78 Å². The largest absolute Gasteiger partial charge is 0.477 e. The maximum absolute atomic E-state index is 14.1. The van der Waals surface area contributed by atoms with Gasteiger partial charge in [0, 0.05) is 6.92 Å². The summed E-state index contributed by atoms with van der Waals surface area (Å²) in [5.41, 5.74) is 0. The summed E-state index contributed by atoms with van der Waals surface area (Å²) in [6.45, 7) is -0.0321. The Morgan fingerprint density at radius 3 is 2.36 bits per heavy atom. The molecule has 22 heavy (non-hydrogen) atoms. The fraction of sp³-hybridized carbons (Fsp3) is 0.818. The number of alkyl halides is 2. The van der Waals surface area contributed by atoms with Crippen molar-refractivity contribution < 1.29 is 48.6 Å². The minimum Gasteiger partial charge on any atom is -0.477 e. The van der Waals surface area contributed by atoms with E-state index in [4.69, 9.17) is 10.2 Å². The van der Waals surface area contributed by atoms with Gasteiger partial charge in [-0.25, -0.2) is 9.18 Å². The molecule has 1 saturated heterocycles. The molecule has 0 aromatic rings. The zero-order valence-electron chi connectivity index (χ0n) is 11.4. The van der Waals surface area contributed by atoms with Gasteiger partial charge < -0.3 is 35.6 Å². The number of aliphatic hydroxyl groups excluding tert-OH is 4. The van der Waals surface area contributed by atoms with Crippen LogP contribution in [0.3, 0.4) is 0 Å². The van der Waals surface area contributed by atoms with E-state index in [0.29, 0.717) is 0 Å². The molecule has 0 aromatic carbocycles. The van der Waals surface area contributed by atoms with Crippen molar-refractivity contribution in [3.8, 4) is 0 Å². The Bertz CT molecular complexity index is 438. The van der Waals surface area contributed by atoms with Crippen molar-refractivity contribution >= 4 is 11.9 Å². The normalized spacial score (nSPS) is 38.1. The van der Waals surface area contributed by atoms with Gasteiger partial charge in [0.1, 0.15) is 24.4 Å². The second-order valence-corrected chi connectivity index (χ2v) is 4.89. The third kappa shape index (κ3) is 3.33. The van der Waals surface area contributed by atoms with Gasteiger partial charge >= 0.3 is 11.8 Å². The molecule has 9 nitrogen and oxygen atoms in total. The molecule has 1 aliphatic heterocycles. The van der Waals surface area contributed by atoms with E-state index in [2.05, 4.69) is 4.74 Å². The first-order valence-corrected chi connectivity index (χ1v) is 6.22. The minimum atomic E-state index is -3.99. The third-order valence-corrected chi connectivity index (χ3v) is 3.26. The molecule has 0 radical (unpaired) electrons. The number of aliphatic carboxylic acids is 1. The standard InChI is InChI=1S/C11H17F2NO8/c1-3(16)14-5-7(19)9(12)11(13,10(20)21)22-8(5)6(18)4(17)2-15/h4-9,15,17-19H,2H2,1H3,(H,14,16)(H,20,21)/t4-,5-,6-,7-,8-,9-,11+/m1/s1. The highest BCUT2D eigenvalue weighted by atomic mass is 19.2. The lowest BCUT2D eigenvalue weighted by atomic mass is 9.88. The Balaban J connectivity index is 3.19. The maximum atomic E-state index is 14.1. The lowest BCUT2D eigenvalue weighted by Crippen LogP contribution is -2.71. The average molecular weight is 329 g/mol. The van der Waals surface area contributed by atoms with E-state index in [0.717, 1.165) is 6.92 Å². The van der Waals surface area contributed by atoms with Crippen molar-refractivity contribution in [1.29, 1.82) is 0 Å². The van der Waals surface area contributed by atoms with Crippen LogP contribution in [0.15, 0.2) is 0 Å². The highest BCUT2D eigenvalue weighted by Crippen LogP contribution is 2.35. The molecule has 0 bridgehead atoms. The van der Waals surface area contributed by atoms with E-state index in [9.17, 15) is 33.7 Å². The molecular weight excluding hydrogens is 312 g/mol. The lowest BCUT2D eigenvalue weighted by molar-refractivity contribution is -0.293. The molecule has 0 aliphatic carbocycles. The Morgan fingerprint density at radius 1 is 1.41 bits per heavy atom. The number of aliphatic hydroxyl groups is 4. The van der Waals surface area contributed by atoms with Gasteiger partial charge in [-0.05, 0) is 0 Å². The third-order valence-electron chi connectivity index (χ3n) is 3.26. The zero-order valence-corrected chi connectivity index (χ0v) is 11.4. The number of carbonyl (C=O) groups excluding carboxylic acids is 1. The average Bonchev–Trinajstić information content (AvgIpc) is 2.45. The Kier molecular flexibility index (Phi) is 5.76. The van der Waals surface area contributed by atoms with Gasteiger partial charge in [0.15, 0.2) is 6.17 Å². The minimum absolute atomic E-state index is 0.808. The predicted molar refractivity (Wildman–Crippen MR) is 64.0 cm³/mol. The maximum Gasteiger partial charge on any atom is 0.372 e. The molecule has 1 amide bonds. The van der Waals surface area contributed by atoms with Crippen molar-refractivity contribution in [2.45, 2.75) is 49.4 Å². The molecule has 1 heterocycles. The first kappa shape index (κ1) is 18.6. The number of carboxylic acid groups (broad SMARTS) is 1. The molecule has 0 aromatic heterocycles. The summed E-state index contributed by atoms with van der Waals surface area (Å²) in [7, 11) is 0. The molecular formula is C11H17F2NO8. The second-order valence-electron chi connectivity index (χ2n) is 4.89. The number of rotatable bonds is 5. The number of halogens is 2. The Hall–Kier alpha value is -1.40. The summed E-state index contributed by atoms with van der Waals surface area (Å²) in [4.78, 5) is 21.9. The monoisotopic (exact) mass is 329 g/mol. The van der Waals surface area contributed by atoms with Gasteiger partial charge in [-0.15, -0.1) is 0 Å². The lowest BCUT2D eigenvalue weighted by Gasteiger charge is -2.45. The molecule has 128 valence electrons. The van der Waals surface area contributed by atoms with Crippen LogP contribution in [-0.2, 0) is 14.3 Å². The number of ether oxygens (including phenoxy) is 1. The van der Waals surface area contributed by atoms with Gasteiger partial charge in [0.2, 0.25) is 5.91 Å². The van der Waals surface area contributed by atoms with Crippen molar-refractivity contribution in [3.63, 3.8) is 0 Å². The molecule has 0 saturated carbocycles. The van der Waals surface area contributed by atoms with Crippen molar-refractivity contribution in [1.82, 2.24) is 5.32 Å². The quantitative estimate of drug-likeness (QED) is 0.313. The van der Waals surface area contributed by atoms with Crippen molar-refractivity contribution in [2.24, 2.45) is 0 Å². The van der Waals surface area contributed by atoms with E-state index in [1.54, 1.807) is 0 Å². The predicted octanol–water partition coefficient (Wildman–Crippen LogP) is -2.95. The number of carboxylic acids is 1. The van der Waals surface area contributed by atoms with Crippen LogP contribution < -0.4 is 5.32 Å². The molecule has 1 aliphatic rings. The highest BCUT2D eigenvalue weighted by molar-refractivity contribution is 5.77. The topological polar surface area (TPSA) is 157 Å². The van der Waals surface area contributed by atoms with Gasteiger partial charge in [-0.2, -0.15) is 4.39 Å². The smallest absolute Gasteiger partial charge is 0.372 e. The number of amides is 1. The molecule has 1 fully saturated rings. The van der Waals surface area contributed by atoms with Gasteiger partial charge in [0.05, 0.1) is 12.6 Å². The van der Waals surface area contributed by atoms with Crippen LogP contribution in [0.25, 0.3) is 0 Å². The van der Waals surface area contributed by atoms with E-state index >= 15 is 0 Å². The summed E-state index contributed by atoms with van der Waals surface area (Å²) in [5.74, 6) is -7.19. The molecule has 0 spiro atoms. The Morgan fingerprint density at radius 2 is 1.95 bits per heavy atom. The molecule has 11 heteroatoms. The van der Waals surface area contributed by atoms with Crippen LogP contribution in [0.5, 0.6) is 0 Å². The molecule has 1 rings (SSSR count). The molecule has 0 unspecified atom stereocenters. The number of carbonyl (C=O) groups is 2. The van der Waals surface area contributed by atoms with Crippen LogP contribution in [0, 0.1) is 0 Å². The first-order valence-electron chi connectivity index (χ1n) is 6.22. The van der Waals surface area contributed by atoms with Crippen LogP contribution in [0.2, 0.25) is 0 Å². The van der Waals surface area contributed by atoms with Gasteiger partial charge in [0.25, 0.3) is 0 Å². The van der Waals surface area contributed by atoms with Crippen LogP contribution in [-0.4, -0.2) is 86.5 Å². The molecule has 6 N–H and O–H groups in total. The van der Waals surface area contributed by atoms with Gasteiger partial charge in [-0.3, -0.25) is 4.79 Å². The molecule has 7 atom stereocenters. The van der Waals surface area contributed by atoms with Crippen molar-refractivity contribution in [3.05, 3.63) is 0 Å². The van der Waals surface area contributed by atoms with E-state index in [-0.39, 0.29) is 0 Å². The van der Waals surface area contributed by atoms with Crippen LogP contribution in [0.1, 0.15) is 6.92 Å².